The van der Waals surface area contributed by atoms with Crippen LogP contribution in [0.15, 0.2) is 35.7 Å². The van der Waals surface area contributed by atoms with Gasteiger partial charge in [-0.3, -0.25) is 9.69 Å². The highest BCUT2D eigenvalue weighted by molar-refractivity contribution is 7.10. The summed E-state index contributed by atoms with van der Waals surface area (Å²) >= 11 is 1.85. The van der Waals surface area contributed by atoms with Crippen molar-refractivity contribution < 1.29 is 9.53 Å². The van der Waals surface area contributed by atoms with Crippen LogP contribution in [0.3, 0.4) is 0 Å². The minimum Gasteiger partial charge on any atom is -0.489 e. The Morgan fingerprint density at radius 2 is 1.85 bits per heavy atom. The summed E-state index contributed by atoms with van der Waals surface area (Å²) in [6, 6.07) is 9.95. The van der Waals surface area contributed by atoms with E-state index in [1.54, 1.807) is 0 Å². The van der Waals surface area contributed by atoms with E-state index in [2.05, 4.69) is 23.3 Å². The first kappa shape index (κ1) is 18.5. The molecule has 0 spiro atoms. The minimum absolute atomic E-state index is 0.119. The van der Waals surface area contributed by atoms with Crippen LogP contribution in [0, 0.1) is 6.92 Å². The number of ether oxygens (including phenoxy) is 1. The maximum absolute atomic E-state index is 12.8. The van der Waals surface area contributed by atoms with Crippen LogP contribution in [0.25, 0.3) is 0 Å². The van der Waals surface area contributed by atoms with Crippen molar-refractivity contribution in [1.29, 1.82) is 0 Å². The van der Waals surface area contributed by atoms with E-state index in [4.69, 9.17) is 4.74 Å². The molecule has 144 valence electrons. The number of hydrogen-bond donors (Lipinski definition) is 0. The number of nitrogens with zero attached hydrogens (tertiary/aromatic N) is 2. The van der Waals surface area contributed by atoms with Crippen molar-refractivity contribution in [2.75, 3.05) is 26.2 Å². The smallest absolute Gasteiger partial charge is 0.257 e. The average molecular weight is 385 g/mol. The molecule has 27 heavy (non-hydrogen) atoms. The van der Waals surface area contributed by atoms with Crippen molar-refractivity contribution in [2.45, 2.75) is 45.3 Å². The summed E-state index contributed by atoms with van der Waals surface area (Å²) in [7, 11) is 0. The fraction of sp³-hybridized carbons (Fsp3) is 0.500. The molecule has 0 unspecified atom stereocenters. The van der Waals surface area contributed by atoms with Crippen LogP contribution in [0.4, 0.5) is 0 Å². The molecule has 0 bridgehead atoms. The van der Waals surface area contributed by atoms with Gasteiger partial charge in [-0.15, -0.1) is 11.3 Å². The predicted molar refractivity (Wildman–Crippen MR) is 110 cm³/mol. The van der Waals surface area contributed by atoms with Gasteiger partial charge in [0.05, 0.1) is 5.56 Å². The van der Waals surface area contributed by atoms with E-state index in [0.717, 1.165) is 69.7 Å². The highest BCUT2D eigenvalue weighted by Crippen LogP contribution is 2.26. The maximum atomic E-state index is 12.8. The molecule has 5 heteroatoms. The first-order valence-corrected chi connectivity index (χ1v) is 10.9. The van der Waals surface area contributed by atoms with E-state index in [9.17, 15) is 4.79 Å². The maximum Gasteiger partial charge on any atom is 0.257 e. The molecule has 1 aromatic carbocycles. The van der Waals surface area contributed by atoms with Gasteiger partial charge in [-0.25, -0.2) is 0 Å². The number of piperidine rings is 1. The van der Waals surface area contributed by atoms with Crippen LogP contribution in [0.1, 0.15) is 46.5 Å². The molecule has 4 rings (SSSR count). The SMILES string of the molecule is Cc1ccsc1CN1CCC(Oc2ccccc2C(=O)N2CCCC2)CC1. The van der Waals surface area contributed by atoms with Crippen molar-refractivity contribution in [2.24, 2.45) is 0 Å². The summed E-state index contributed by atoms with van der Waals surface area (Å²) < 4.78 is 6.30. The number of amides is 1. The van der Waals surface area contributed by atoms with Crippen LogP contribution in [0.5, 0.6) is 5.75 Å². The lowest BCUT2D eigenvalue weighted by atomic mass is 10.1. The molecule has 3 heterocycles. The van der Waals surface area contributed by atoms with E-state index in [1.807, 2.05) is 40.5 Å². The highest BCUT2D eigenvalue weighted by atomic mass is 32.1. The Hall–Kier alpha value is -1.85. The van der Waals surface area contributed by atoms with Gasteiger partial charge in [0.25, 0.3) is 5.91 Å². The summed E-state index contributed by atoms with van der Waals surface area (Å²) in [5, 5.41) is 2.18. The van der Waals surface area contributed by atoms with Gasteiger partial charge in [0.15, 0.2) is 0 Å². The minimum atomic E-state index is 0.119. The molecule has 1 aromatic heterocycles. The first-order chi connectivity index (χ1) is 13.2. The van der Waals surface area contributed by atoms with Crippen molar-refractivity contribution in [3.05, 3.63) is 51.7 Å². The number of carbonyl (C=O) groups excluding carboxylic acids is 1. The highest BCUT2D eigenvalue weighted by Gasteiger charge is 2.25. The lowest BCUT2D eigenvalue weighted by molar-refractivity contribution is 0.0765. The summed E-state index contributed by atoms with van der Waals surface area (Å²) in [5.41, 5.74) is 2.11. The number of hydrogen-bond acceptors (Lipinski definition) is 4. The molecule has 2 aliphatic rings. The molecule has 2 fully saturated rings. The first-order valence-electron chi connectivity index (χ1n) is 10.0. The zero-order chi connectivity index (χ0) is 18.6. The fourth-order valence-corrected chi connectivity index (χ4v) is 4.92. The largest absolute Gasteiger partial charge is 0.489 e. The molecule has 2 aromatic rings. The average Bonchev–Trinajstić information content (AvgIpc) is 3.36. The quantitative estimate of drug-likeness (QED) is 0.769. The molecule has 1 amide bonds. The Balaban J connectivity index is 1.35. The van der Waals surface area contributed by atoms with Crippen LogP contribution in [-0.2, 0) is 6.54 Å². The van der Waals surface area contributed by atoms with Gasteiger partial charge in [-0.2, -0.15) is 0 Å². The van der Waals surface area contributed by atoms with Gasteiger partial charge in [-0.1, -0.05) is 12.1 Å². The van der Waals surface area contributed by atoms with E-state index in [-0.39, 0.29) is 12.0 Å². The third-order valence-corrected chi connectivity index (χ3v) is 6.68. The standard InChI is InChI=1S/C22H28N2O2S/c1-17-10-15-27-21(17)16-23-13-8-18(9-14-23)26-20-7-3-2-6-19(20)22(25)24-11-4-5-12-24/h2-3,6-7,10,15,18H,4-5,8-9,11-14,16H2,1H3. The number of para-hydroxylation sites is 1. The van der Waals surface area contributed by atoms with Crippen LogP contribution in [0.2, 0.25) is 0 Å². The van der Waals surface area contributed by atoms with E-state index >= 15 is 0 Å². The molecule has 0 aliphatic carbocycles. The van der Waals surface area contributed by atoms with Crippen molar-refractivity contribution in [3.63, 3.8) is 0 Å². The second-order valence-electron chi connectivity index (χ2n) is 7.62. The molecular formula is C22H28N2O2S. The molecule has 2 saturated heterocycles. The van der Waals surface area contributed by atoms with Crippen LogP contribution >= 0.6 is 11.3 Å². The summed E-state index contributed by atoms with van der Waals surface area (Å²) in [6.07, 6.45) is 4.43. The Kier molecular flexibility index (Phi) is 5.79. The van der Waals surface area contributed by atoms with Gasteiger partial charge in [-0.05, 0) is 61.7 Å². The van der Waals surface area contributed by atoms with Crippen molar-refractivity contribution >= 4 is 17.2 Å². The van der Waals surface area contributed by atoms with Crippen LogP contribution in [-0.4, -0.2) is 48.0 Å². The van der Waals surface area contributed by atoms with Crippen molar-refractivity contribution in [3.8, 4) is 5.75 Å². The second-order valence-corrected chi connectivity index (χ2v) is 8.62. The monoisotopic (exact) mass is 384 g/mol. The molecule has 0 N–H and O–H groups in total. The lowest BCUT2D eigenvalue weighted by Crippen LogP contribution is -2.38. The van der Waals surface area contributed by atoms with Gasteiger partial charge in [0.1, 0.15) is 11.9 Å². The number of thiophene rings is 1. The third-order valence-electron chi connectivity index (χ3n) is 5.67. The van der Waals surface area contributed by atoms with E-state index in [0.29, 0.717) is 0 Å². The normalized spacial score (nSPS) is 18.8. The number of benzene rings is 1. The summed E-state index contributed by atoms with van der Waals surface area (Å²) in [5.74, 6) is 0.871. The zero-order valence-electron chi connectivity index (χ0n) is 16.0. The lowest BCUT2D eigenvalue weighted by Gasteiger charge is -2.32. The third kappa shape index (κ3) is 4.36. The number of aryl methyl sites for hydroxylation is 1. The van der Waals surface area contributed by atoms with E-state index in [1.165, 1.54) is 10.4 Å². The number of rotatable bonds is 5. The topological polar surface area (TPSA) is 32.8 Å². The van der Waals surface area contributed by atoms with Gasteiger partial charge in [0, 0.05) is 37.6 Å². The van der Waals surface area contributed by atoms with E-state index < -0.39 is 0 Å². The molecule has 0 saturated carbocycles. The Labute approximate surface area is 165 Å². The Bertz CT molecular complexity index is 774. The predicted octanol–water partition coefficient (Wildman–Crippen LogP) is 4.34. The number of likely N-dealkylation sites (tertiary alicyclic amines) is 2. The second kappa shape index (κ2) is 8.44. The Morgan fingerprint density at radius 3 is 2.56 bits per heavy atom. The molecule has 4 nitrogen and oxygen atoms in total. The summed E-state index contributed by atoms with van der Waals surface area (Å²) in [4.78, 5) is 18.7. The summed E-state index contributed by atoms with van der Waals surface area (Å²) in [6.45, 7) is 7.06. The molecule has 2 aliphatic heterocycles. The van der Waals surface area contributed by atoms with Gasteiger partial charge in [0.2, 0.25) is 0 Å². The Morgan fingerprint density at radius 1 is 1.11 bits per heavy atom. The molecular weight excluding hydrogens is 356 g/mol. The van der Waals surface area contributed by atoms with Gasteiger partial charge < -0.3 is 9.64 Å². The fourth-order valence-electron chi connectivity index (χ4n) is 3.97. The number of carbonyl (C=O) groups is 1. The van der Waals surface area contributed by atoms with Crippen molar-refractivity contribution in [1.82, 2.24) is 9.80 Å². The van der Waals surface area contributed by atoms with Crippen LogP contribution < -0.4 is 4.74 Å². The zero-order valence-corrected chi connectivity index (χ0v) is 16.8. The van der Waals surface area contributed by atoms with Gasteiger partial charge >= 0.3 is 0 Å². The molecule has 0 radical (unpaired) electrons. The molecule has 0 atom stereocenters.